The van der Waals surface area contributed by atoms with Crippen LogP contribution in [0.1, 0.15) is 44.3 Å². The molecule has 2 aromatic rings. The van der Waals surface area contributed by atoms with E-state index in [1.165, 1.54) is 31.7 Å². The van der Waals surface area contributed by atoms with Crippen LogP contribution in [0.15, 0.2) is 12.1 Å². The monoisotopic (exact) mass is 396 g/mol. The molecule has 0 radical (unpaired) electrons. The lowest BCUT2D eigenvalue weighted by molar-refractivity contribution is -0.146. The Bertz CT molecular complexity index is 837. The number of rotatable bonds is 4. The van der Waals surface area contributed by atoms with Gasteiger partial charge >= 0.3 is 6.18 Å². The van der Waals surface area contributed by atoms with E-state index in [4.69, 9.17) is 0 Å². The van der Waals surface area contributed by atoms with Crippen molar-refractivity contribution in [3.63, 3.8) is 0 Å². The summed E-state index contributed by atoms with van der Waals surface area (Å²) in [4.78, 5) is 16.2. The van der Waals surface area contributed by atoms with Crippen molar-refractivity contribution in [2.45, 2.75) is 44.7 Å². The van der Waals surface area contributed by atoms with Crippen molar-refractivity contribution in [2.24, 2.45) is 5.92 Å². The van der Waals surface area contributed by atoms with Gasteiger partial charge in [0.25, 0.3) is 5.82 Å². The lowest BCUT2D eigenvalue weighted by Crippen LogP contribution is -2.49. The van der Waals surface area contributed by atoms with Crippen molar-refractivity contribution in [1.29, 1.82) is 0 Å². The Morgan fingerprint density at radius 2 is 1.79 bits per heavy atom. The van der Waals surface area contributed by atoms with Crippen LogP contribution in [0.2, 0.25) is 0 Å². The molecule has 1 saturated heterocycles. The maximum atomic E-state index is 13.0. The molecule has 1 aliphatic carbocycles. The van der Waals surface area contributed by atoms with Crippen LogP contribution < -0.4 is 4.90 Å². The fourth-order valence-corrected chi connectivity index (χ4v) is 4.09. The first-order valence-corrected chi connectivity index (χ1v) is 9.74. The molecule has 0 N–H and O–H groups in total. The zero-order valence-electron chi connectivity index (χ0n) is 15.5. The van der Waals surface area contributed by atoms with Crippen LogP contribution in [0.4, 0.5) is 19.0 Å². The smallest absolute Gasteiger partial charge is 0.352 e. The summed E-state index contributed by atoms with van der Waals surface area (Å²) in [6.07, 6.45) is 1.95. The van der Waals surface area contributed by atoms with Crippen molar-refractivity contribution in [1.82, 2.24) is 24.7 Å². The summed E-state index contributed by atoms with van der Waals surface area (Å²) in [6, 6.07) is 3.12. The molecule has 0 bridgehead atoms. The van der Waals surface area contributed by atoms with Gasteiger partial charge in [0.05, 0.1) is 0 Å². The second kappa shape index (κ2) is 7.56. The topological polar surface area (TPSA) is 66.6 Å². The first kappa shape index (κ1) is 18.9. The van der Waals surface area contributed by atoms with Crippen molar-refractivity contribution in [2.75, 3.05) is 31.1 Å². The van der Waals surface area contributed by atoms with Gasteiger partial charge in [-0.1, -0.05) is 25.7 Å². The minimum Gasteiger partial charge on any atom is -0.352 e. The Morgan fingerprint density at radius 1 is 1.07 bits per heavy atom. The van der Waals surface area contributed by atoms with Gasteiger partial charge in [-0.3, -0.25) is 4.79 Å². The first-order chi connectivity index (χ1) is 13.4. The summed E-state index contributed by atoms with van der Waals surface area (Å²) in [6.45, 7) is 2.18. The van der Waals surface area contributed by atoms with Crippen LogP contribution in [0.25, 0.3) is 5.65 Å². The zero-order chi connectivity index (χ0) is 19.7. The average molecular weight is 396 g/mol. The summed E-state index contributed by atoms with van der Waals surface area (Å²) in [5.41, 5.74) is 0.0526. The van der Waals surface area contributed by atoms with Gasteiger partial charge in [-0.15, -0.1) is 15.3 Å². The quantitative estimate of drug-likeness (QED) is 0.795. The average Bonchev–Trinajstić information content (AvgIpc) is 3.35. The minimum atomic E-state index is -4.62. The number of hydrogen-bond acceptors (Lipinski definition) is 5. The van der Waals surface area contributed by atoms with Crippen LogP contribution in [-0.2, 0) is 11.0 Å². The van der Waals surface area contributed by atoms with E-state index in [1.807, 2.05) is 9.80 Å². The Morgan fingerprint density at radius 3 is 2.46 bits per heavy atom. The second-order valence-corrected chi connectivity index (χ2v) is 7.54. The van der Waals surface area contributed by atoms with Gasteiger partial charge < -0.3 is 9.80 Å². The summed E-state index contributed by atoms with van der Waals surface area (Å²) in [7, 11) is 0. The molecular formula is C18H23F3N6O. The van der Waals surface area contributed by atoms with E-state index in [0.717, 1.165) is 10.9 Å². The van der Waals surface area contributed by atoms with Gasteiger partial charge in [-0.2, -0.15) is 17.7 Å². The van der Waals surface area contributed by atoms with Crippen molar-refractivity contribution in [3.05, 3.63) is 18.0 Å². The fraction of sp³-hybridized carbons (Fsp3) is 0.667. The molecule has 10 heteroatoms. The third-order valence-corrected chi connectivity index (χ3v) is 5.70. The molecule has 1 amide bonds. The van der Waals surface area contributed by atoms with Crippen LogP contribution >= 0.6 is 0 Å². The molecule has 4 rings (SSSR count). The normalized spacial score (nSPS) is 19.0. The molecule has 152 valence electrons. The Hall–Kier alpha value is -2.39. The van der Waals surface area contributed by atoms with Gasteiger partial charge in [0, 0.05) is 32.6 Å². The molecule has 0 unspecified atom stereocenters. The first-order valence-electron chi connectivity index (χ1n) is 9.74. The number of hydrogen-bond donors (Lipinski definition) is 0. The lowest BCUT2D eigenvalue weighted by atomic mass is 10.0. The van der Waals surface area contributed by atoms with E-state index in [2.05, 4.69) is 15.3 Å². The highest BCUT2D eigenvalue weighted by molar-refractivity contribution is 5.76. The number of amides is 1. The van der Waals surface area contributed by atoms with Crippen molar-refractivity contribution >= 4 is 17.4 Å². The summed E-state index contributed by atoms with van der Waals surface area (Å²) in [5.74, 6) is 0.154. The Labute approximate surface area is 160 Å². The fourth-order valence-electron chi connectivity index (χ4n) is 4.09. The standard InChI is InChI=1S/C18H23F3N6O/c19-18(20,21)17-23-22-14-6-7-15(24-27(14)17)25-9-11-26(12-10-25)16(28)8-5-13-3-1-2-4-13/h6-7,13H,1-5,8-12H2. The molecule has 2 aromatic heterocycles. The molecule has 28 heavy (non-hydrogen) atoms. The molecule has 1 saturated carbocycles. The number of halogens is 3. The predicted octanol–water partition coefficient (Wildman–Crippen LogP) is 2.76. The van der Waals surface area contributed by atoms with E-state index in [1.54, 1.807) is 6.07 Å². The van der Waals surface area contributed by atoms with E-state index in [9.17, 15) is 18.0 Å². The third-order valence-electron chi connectivity index (χ3n) is 5.70. The summed E-state index contributed by atoms with van der Waals surface area (Å²) < 4.78 is 39.8. The highest BCUT2D eigenvalue weighted by atomic mass is 19.4. The lowest BCUT2D eigenvalue weighted by Gasteiger charge is -2.35. The molecule has 2 aliphatic rings. The second-order valence-electron chi connectivity index (χ2n) is 7.54. The Kier molecular flexibility index (Phi) is 5.11. The van der Waals surface area contributed by atoms with E-state index < -0.39 is 12.0 Å². The highest BCUT2D eigenvalue weighted by Crippen LogP contribution is 2.29. The van der Waals surface area contributed by atoms with Crippen LogP contribution in [0.5, 0.6) is 0 Å². The molecule has 0 atom stereocenters. The number of nitrogens with zero attached hydrogens (tertiary/aromatic N) is 6. The molecule has 0 aromatic carbocycles. The maximum absolute atomic E-state index is 13.0. The molecule has 0 spiro atoms. The van der Waals surface area contributed by atoms with Crippen molar-refractivity contribution in [3.8, 4) is 0 Å². The number of carbonyl (C=O) groups is 1. The van der Waals surface area contributed by atoms with Gasteiger partial charge in [0.15, 0.2) is 5.65 Å². The van der Waals surface area contributed by atoms with E-state index >= 15 is 0 Å². The highest BCUT2D eigenvalue weighted by Gasteiger charge is 2.38. The molecule has 3 heterocycles. The predicted molar refractivity (Wildman–Crippen MR) is 95.8 cm³/mol. The van der Waals surface area contributed by atoms with E-state index in [-0.39, 0.29) is 11.6 Å². The van der Waals surface area contributed by atoms with Crippen molar-refractivity contribution < 1.29 is 18.0 Å². The van der Waals surface area contributed by atoms with Gasteiger partial charge in [-0.25, -0.2) is 0 Å². The maximum Gasteiger partial charge on any atom is 0.453 e. The van der Waals surface area contributed by atoms with Crippen LogP contribution in [0.3, 0.4) is 0 Å². The van der Waals surface area contributed by atoms with Crippen LogP contribution in [-0.4, -0.2) is 56.8 Å². The molecule has 7 nitrogen and oxygen atoms in total. The van der Waals surface area contributed by atoms with Gasteiger partial charge in [0.2, 0.25) is 5.91 Å². The largest absolute Gasteiger partial charge is 0.453 e. The number of anilines is 1. The number of carbonyl (C=O) groups excluding carboxylic acids is 1. The summed E-state index contributed by atoms with van der Waals surface area (Å²) in [5, 5.41) is 10.8. The number of fused-ring (bicyclic) bond motifs is 1. The van der Waals surface area contributed by atoms with E-state index in [0.29, 0.717) is 44.3 Å². The van der Waals surface area contributed by atoms with Crippen LogP contribution in [0, 0.1) is 5.92 Å². The number of alkyl halides is 3. The molecular weight excluding hydrogens is 373 g/mol. The SMILES string of the molecule is O=C(CCC1CCCC1)N1CCN(c2ccc3nnc(C(F)(F)F)n3n2)CC1. The molecule has 1 aliphatic heterocycles. The zero-order valence-corrected chi connectivity index (χ0v) is 15.5. The van der Waals surface area contributed by atoms with Gasteiger partial charge in [0.1, 0.15) is 5.82 Å². The Balaban J connectivity index is 1.37. The van der Waals surface area contributed by atoms with Gasteiger partial charge in [-0.05, 0) is 24.5 Å². The number of aromatic nitrogens is 4. The third kappa shape index (κ3) is 3.90. The summed E-state index contributed by atoms with van der Waals surface area (Å²) >= 11 is 0. The molecule has 2 fully saturated rings. The number of piperazine rings is 1. The minimum absolute atomic E-state index is 0.0526.